The predicted octanol–water partition coefficient (Wildman–Crippen LogP) is 1.22. The molecule has 0 spiro atoms. The molecule has 0 bridgehead atoms. The molecule has 10 heteroatoms. The number of halogens is 1. The first-order valence-corrected chi connectivity index (χ1v) is 9.63. The van der Waals surface area contributed by atoms with Crippen molar-refractivity contribution in [3.8, 4) is 0 Å². The second-order valence-electron chi connectivity index (χ2n) is 5.57. The Balaban J connectivity index is 1.85. The monoisotopic (exact) mass is 389 g/mol. The smallest absolute Gasteiger partial charge is 0.317 e. The number of carbonyl (C=O) groups excluding carboxylic acids is 1. The number of aliphatic carboxylic acids is 1. The van der Waals surface area contributed by atoms with Gasteiger partial charge in [0.1, 0.15) is 0 Å². The number of sulfonamides is 1. The standard InChI is InChI=1S/C15H20ClN3O5S/c16-12-3-5-13(6-4-12)25(23,24)19-10-8-18(9-11-19)15(22)17-7-1-2-14(20)21/h3-6H,1-2,7-11H2,(H,17,22)(H,20,21). The summed E-state index contributed by atoms with van der Waals surface area (Å²) in [6.45, 7) is 1.23. The molecule has 1 saturated heterocycles. The van der Waals surface area contributed by atoms with Crippen molar-refractivity contribution >= 4 is 33.6 Å². The minimum atomic E-state index is -3.61. The maximum Gasteiger partial charge on any atom is 0.317 e. The molecule has 1 aromatic carbocycles. The van der Waals surface area contributed by atoms with Crippen LogP contribution in [0, 0.1) is 0 Å². The molecule has 25 heavy (non-hydrogen) atoms. The lowest BCUT2D eigenvalue weighted by atomic mass is 10.3. The maximum atomic E-state index is 12.6. The van der Waals surface area contributed by atoms with Crippen LogP contribution in [-0.2, 0) is 14.8 Å². The van der Waals surface area contributed by atoms with Crippen LogP contribution in [0.5, 0.6) is 0 Å². The van der Waals surface area contributed by atoms with Gasteiger partial charge in [-0.15, -0.1) is 0 Å². The minimum Gasteiger partial charge on any atom is -0.481 e. The third kappa shape index (κ3) is 5.32. The summed E-state index contributed by atoms with van der Waals surface area (Å²) in [5.74, 6) is -0.907. The molecule has 1 aliphatic heterocycles. The number of nitrogens with zero attached hydrogens (tertiary/aromatic N) is 2. The van der Waals surface area contributed by atoms with Crippen LogP contribution in [0.15, 0.2) is 29.2 Å². The molecule has 0 aliphatic carbocycles. The lowest BCUT2D eigenvalue weighted by Crippen LogP contribution is -2.53. The average Bonchev–Trinajstić information content (AvgIpc) is 2.59. The van der Waals surface area contributed by atoms with Gasteiger partial charge in [0.15, 0.2) is 0 Å². The van der Waals surface area contributed by atoms with Gasteiger partial charge in [-0.2, -0.15) is 4.31 Å². The molecule has 8 nitrogen and oxygen atoms in total. The van der Waals surface area contributed by atoms with Crippen LogP contribution in [0.4, 0.5) is 4.79 Å². The molecule has 138 valence electrons. The molecule has 1 aromatic rings. The Bertz CT molecular complexity index is 715. The molecule has 1 fully saturated rings. The molecule has 2 amide bonds. The van der Waals surface area contributed by atoms with E-state index in [0.29, 0.717) is 11.4 Å². The van der Waals surface area contributed by atoms with Crippen LogP contribution in [-0.4, -0.2) is 67.5 Å². The van der Waals surface area contributed by atoms with Gasteiger partial charge >= 0.3 is 12.0 Å². The maximum absolute atomic E-state index is 12.6. The minimum absolute atomic E-state index is 0.00655. The third-order valence-electron chi connectivity index (χ3n) is 3.82. The Kier molecular flexibility index (Phi) is 6.63. The van der Waals surface area contributed by atoms with Crippen molar-refractivity contribution < 1.29 is 23.1 Å². The van der Waals surface area contributed by atoms with Crippen molar-refractivity contribution in [2.75, 3.05) is 32.7 Å². The SMILES string of the molecule is O=C(O)CCCNC(=O)N1CCN(S(=O)(=O)c2ccc(Cl)cc2)CC1. The first-order valence-electron chi connectivity index (χ1n) is 7.81. The predicted molar refractivity (Wildman–Crippen MR) is 92.1 cm³/mol. The Morgan fingerprint density at radius 1 is 1.12 bits per heavy atom. The van der Waals surface area contributed by atoms with Crippen LogP contribution < -0.4 is 5.32 Å². The van der Waals surface area contributed by atoms with E-state index < -0.39 is 16.0 Å². The number of nitrogens with one attached hydrogen (secondary N) is 1. The van der Waals surface area contributed by atoms with Crippen LogP contribution >= 0.6 is 11.6 Å². The van der Waals surface area contributed by atoms with Gasteiger partial charge < -0.3 is 15.3 Å². The van der Waals surface area contributed by atoms with Crippen LogP contribution in [0.25, 0.3) is 0 Å². The number of piperazine rings is 1. The molecular formula is C15H20ClN3O5S. The number of amides is 2. The van der Waals surface area contributed by atoms with Crippen LogP contribution in [0.1, 0.15) is 12.8 Å². The van der Waals surface area contributed by atoms with Crippen molar-refractivity contribution in [2.45, 2.75) is 17.7 Å². The van der Waals surface area contributed by atoms with E-state index in [1.807, 2.05) is 0 Å². The topological polar surface area (TPSA) is 107 Å². The zero-order chi connectivity index (χ0) is 18.4. The highest BCUT2D eigenvalue weighted by atomic mass is 35.5. The number of benzene rings is 1. The van der Waals surface area contributed by atoms with Gasteiger partial charge in [-0.05, 0) is 30.7 Å². The van der Waals surface area contributed by atoms with Crippen molar-refractivity contribution in [1.29, 1.82) is 0 Å². The van der Waals surface area contributed by atoms with Crippen molar-refractivity contribution in [1.82, 2.24) is 14.5 Å². The highest BCUT2D eigenvalue weighted by Crippen LogP contribution is 2.19. The largest absolute Gasteiger partial charge is 0.481 e. The number of carboxylic acids is 1. The normalized spacial score (nSPS) is 15.8. The fraction of sp³-hybridized carbons (Fsp3) is 0.467. The molecule has 0 aromatic heterocycles. The summed E-state index contributed by atoms with van der Waals surface area (Å²) in [5.41, 5.74) is 0. The molecule has 1 heterocycles. The van der Waals surface area contributed by atoms with E-state index in [0.717, 1.165) is 0 Å². The Morgan fingerprint density at radius 2 is 1.72 bits per heavy atom. The molecular weight excluding hydrogens is 370 g/mol. The molecule has 1 aliphatic rings. The summed E-state index contributed by atoms with van der Waals surface area (Å²) in [4.78, 5) is 24.1. The fourth-order valence-corrected chi connectivity index (χ4v) is 3.98. The molecule has 2 N–H and O–H groups in total. The van der Waals surface area contributed by atoms with Gasteiger partial charge in [-0.3, -0.25) is 4.79 Å². The van der Waals surface area contributed by atoms with E-state index in [-0.39, 0.29) is 50.1 Å². The summed E-state index contributed by atoms with van der Waals surface area (Å²) in [6, 6.07) is 5.65. The Hall–Kier alpha value is -1.84. The number of carbonyl (C=O) groups is 2. The highest BCUT2D eigenvalue weighted by molar-refractivity contribution is 7.89. The summed E-state index contributed by atoms with van der Waals surface area (Å²) < 4.78 is 26.5. The van der Waals surface area contributed by atoms with E-state index >= 15 is 0 Å². The summed E-state index contributed by atoms with van der Waals surface area (Å²) in [7, 11) is -3.61. The average molecular weight is 390 g/mol. The number of urea groups is 1. The Labute approximate surface area is 151 Å². The second-order valence-corrected chi connectivity index (χ2v) is 7.95. The van der Waals surface area contributed by atoms with E-state index in [9.17, 15) is 18.0 Å². The number of rotatable bonds is 6. The van der Waals surface area contributed by atoms with Gasteiger partial charge in [0.25, 0.3) is 0 Å². The van der Waals surface area contributed by atoms with Crippen molar-refractivity contribution in [3.63, 3.8) is 0 Å². The second kappa shape index (κ2) is 8.50. The van der Waals surface area contributed by atoms with Crippen LogP contribution in [0.3, 0.4) is 0 Å². The fourth-order valence-electron chi connectivity index (χ4n) is 2.43. The van der Waals surface area contributed by atoms with Crippen molar-refractivity contribution in [3.05, 3.63) is 29.3 Å². The van der Waals surface area contributed by atoms with Gasteiger partial charge in [-0.1, -0.05) is 11.6 Å². The van der Waals surface area contributed by atoms with E-state index in [2.05, 4.69) is 5.32 Å². The summed E-state index contributed by atoms with van der Waals surface area (Å²) >= 11 is 5.78. The molecule has 0 saturated carbocycles. The highest BCUT2D eigenvalue weighted by Gasteiger charge is 2.29. The van der Waals surface area contributed by atoms with E-state index in [4.69, 9.17) is 16.7 Å². The summed E-state index contributed by atoms with van der Waals surface area (Å²) in [6.07, 6.45) is 0.347. The zero-order valence-corrected chi connectivity index (χ0v) is 15.1. The first-order chi connectivity index (χ1) is 11.8. The van der Waals surface area contributed by atoms with Gasteiger partial charge in [0, 0.05) is 44.2 Å². The van der Waals surface area contributed by atoms with Crippen LogP contribution in [0.2, 0.25) is 5.02 Å². The molecule has 0 unspecified atom stereocenters. The van der Waals surface area contributed by atoms with E-state index in [1.165, 1.54) is 33.5 Å². The number of carboxylic acid groups (broad SMARTS) is 1. The number of hydrogen-bond donors (Lipinski definition) is 2. The zero-order valence-electron chi connectivity index (χ0n) is 13.5. The first kappa shape index (κ1) is 19.5. The summed E-state index contributed by atoms with van der Waals surface area (Å²) in [5, 5.41) is 11.7. The Morgan fingerprint density at radius 3 is 2.28 bits per heavy atom. The third-order valence-corrected chi connectivity index (χ3v) is 5.99. The quantitative estimate of drug-likeness (QED) is 0.711. The van der Waals surface area contributed by atoms with Crippen molar-refractivity contribution in [2.24, 2.45) is 0 Å². The lowest BCUT2D eigenvalue weighted by Gasteiger charge is -2.34. The lowest BCUT2D eigenvalue weighted by molar-refractivity contribution is -0.137. The van der Waals surface area contributed by atoms with Gasteiger partial charge in [0.05, 0.1) is 4.90 Å². The van der Waals surface area contributed by atoms with Gasteiger partial charge in [-0.25, -0.2) is 13.2 Å². The molecule has 2 rings (SSSR count). The van der Waals surface area contributed by atoms with E-state index in [1.54, 1.807) is 0 Å². The molecule has 0 radical (unpaired) electrons. The number of hydrogen-bond acceptors (Lipinski definition) is 4. The van der Waals surface area contributed by atoms with Gasteiger partial charge in [0.2, 0.25) is 10.0 Å². The molecule has 0 atom stereocenters.